The highest BCUT2D eigenvalue weighted by Crippen LogP contribution is 2.30. The third-order valence-electron chi connectivity index (χ3n) is 6.20. The van der Waals surface area contributed by atoms with Gasteiger partial charge < -0.3 is 16.0 Å². The van der Waals surface area contributed by atoms with Gasteiger partial charge in [-0.15, -0.1) is 0 Å². The molecule has 0 saturated carbocycles. The fourth-order valence-electron chi connectivity index (χ4n) is 4.58. The molecule has 0 aliphatic carbocycles. The number of rotatable bonds is 5. The number of nitrogens with zero attached hydrogens (tertiary/aromatic N) is 6. The molecule has 1 atom stereocenters. The highest BCUT2D eigenvalue weighted by atomic mass is 16.1. The van der Waals surface area contributed by atoms with Gasteiger partial charge in [-0.3, -0.25) is 14.0 Å². The predicted octanol–water partition coefficient (Wildman–Crippen LogP) is 3.81. The van der Waals surface area contributed by atoms with Crippen molar-refractivity contribution < 1.29 is 0 Å². The third kappa shape index (κ3) is 3.56. The van der Waals surface area contributed by atoms with Crippen LogP contribution in [-0.2, 0) is 7.05 Å². The van der Waals surface area contributed by atoms with Crippen LogP contribution in [0.25, 0.3) is 38.8 Å². The molecule has 178 valence electrons. The van der Waals surface area contributed by atoms with Gasteiger partial charge in [0.15, 0.2) is 11.5 Å². The molecule has 10 heteroatoms. The second-order valence-electron chi connectivity index (χ2n) is 8.61. The van der Waals surface area contributed by atoms with Gasteiger partial charge in [0.05, 0.1) is 24.0 Å². The average molecular weight is 478 g/mol. The van der Waals surface area contributed by atoms with Crippen molar-refractivity contribution in [2.24, 2.45) is 7.05 Å². The van der Waals surface area contributed by atoms with E-state index in [9.17, 15) is 4.79 Å². The number of para-hydroxylation sites is 1. The predicted molar refractivity (Wildman–Crippen MR) is 140 cm³/mol. The molecule has 4 aromatic heterocycles. The Morgan fingerprint density at radius 2 is 1.92 bits per heavy atom. The minimum absolute atomic E-state index is 0.117. The number of nitrogens with one attached hydrogen (secondary N) is 2. The Kier molecular flexibility index (Phi) is 4.99. The summed E-state index contributed by atoms with van der Waals surface area (Å²) in [7, 11) is 1.86. The molecule has 36 heavy (non-hydrogen) atoms. The summed E-state index contributed by atoms with van der Waals surface area (Å²) < 4.78 is 3.47. The first-order valence-electron chi connectivity index (χ1n) is 11.5. The van der Waals surface area contributed by atoms with Crippen LogP contribution in [0, 0.1) is 0 Å². The van der Waals surface area contributed by atoms with Crippen LogP contribution >= 0.6 is 0 Å². The van der Waals surface area contributed by atoms with E-state index in [1.165, 1.54) is 0 Å². The Balaban J connectivity index is 1.57. The van der Waals surface area contributed by atoms with E-state index in [1.807, 2.05) is 74.8 Å². The fraction of sp³-hybridized carbons (Fsp3) is 0.115. The smallest absolute Gasteiger partial charge is 0.263 e. The fourth-order valence-corrected chi connectivity index (χ4v) is 4.58. The van der Waals surface area contributed by atoms with Crippen molar-refractivity contribution in [3.05, 3.63) is 89.4 Å². The van der Waals surface area contributed by atoms with Gasteiger partial charge in [0.2, 0.25) is 5.95 Å². The molecule has 0 aliphatic heterocycles. The second-order valence-corrected chi connectivity index (χ2v) is 8.61. The van der Waals surface area contributed by atoms with E-state index in [4.69, 9.17) is 5.73 Å². The first kappa shape index (κ1) is 21.5. The maximum Gasteiger partial charge on any atom is 0.263 e. The van der Waals surface area contributed by atoms with Crippen LogP contribution in [0.15, 0.2) is 78.1 Å². The molecule has 6 rings (SSSR count). The van der Waals surface area contributed by atoms with Crippen molar-refractivity contribution >= 4 is 33.7 Å². The molecule has 0 radical (unpaired) electrons. The first-order chi connectivity index (χ1) is 17.5. The van der Waals surface area contributed by atoms with Crippen molar-refractivity contribution in [1.29, 1.82) is 0 Å². The van der Waals surface area contributed by atoms with Crippen molar-refractivity contribution in [2.75, 3.05) is 11.1 Å². The number of nitrogens with two attached hydrogens (primary N) is 1. The molecule has 2 aromatic carbocycles. The van der Waals surface area contributed by atoms with Gasteiger partial charge in [0.25, 0.3) is 5.56 Å². The lowest BCUT2D eigenvalue weighted by Crippen LogP contribution is -2.26. The highest BCUT2D eigenvalue weighted by Gasteiger charge is 2.20. The number of H-pyrrole nitrogens is 1. The zero-order valence-electron chi connectivity index (χ0n) is 19.7. The quantitative estimate of drug-likeness (QED) is 0.344. The number of aromatic amines is 1. The van der Waals surface area contributed by atoms with Crippen LogP contribution in [-0.4, -0.2) is 34.3 Å². The first-order valence-corrected chi connectivity index (χ1v) is 11.5. The minimum atomic E-state index is -0.321. The van der Waals surface area contributed by atoms with Crippen LogP contribution in [0.4, 0.5) is 11.8 Å². The molecule has 0 fully saturated rings. The molecule has 0 aliphatic rings. The maximum absolute atomic E-state index is 14.2. The van der Waals surface area contributed by atoms with E-state index >= 15 is 0 Å². The Morgan fingerprint density at radius 3 is 2.69 bits per heavy atom. The number of hydrogen-bond donors (Lipinski definition) is 3. The summed E-state index contributed by atoms with van der Waals surface area (Å²) in [4.78, 5) is 30.0. The largest absolute Gasteiger partial charge is 0.368 e. The summed E-state index contributed by atoms with van der Waals surface area (Å²) in [5.74, 6) is 0.615. The van der Waals surface area contributed by atoms with E-state index in [0.717, 1.165) is 27.9 Å². The number of nitrogen functional groups attached to an aromatic ring is 1. The average Bonchev–Trinajstić information content (AvgIpc) is 3.53. The summed E-state index contributed by atoms with van der Waals surface area (Å²) in [6, 6.07) is 17.2. The van der Waals surface area contributed by atoms with E-state index in [1.54, 1.807) is 21.8 Å². The number of benzene rings is 2. The van der Waals surface area contributed by atoms with Gasteiger partial charge in [-0.25, -0.2) is 4.98 Å². The second kappa shape index (κ2) is 8.35. The molecule has 0 spiro atoms. The van der Waals surface area contributed by atoms with Gasteiger partial charge in [0.1, 0.15) is 5.52 Å². The number of imidazole rings is 1. The Morgan fingerprint density at radius 1 is 1.08 bits per heavy atom. The van der Waals surface area contributed by atoms with E-state index in [-0.39, 0.29) is 17.5 Å². The summed E-state index contributed by atoms with van der Waals surface area (Å²) in [6.45, 7) is 1.97. The van der Waals surface area contributed by atoms with Gasteiger partial charge in [-0.05, 0) is 36.1 Å². The molecule has 0 amide bonds. The number of hydrogen-bond acceptors (Lipinski definition) is 7. The lowest BCUT2D eigenvalue weighted by molar-refractivity contribution is 0.768. The van der Waals surface area contributed by atoms with E-state index in [0.29, 0.717) is 22.4 Å². The molecule has 0 saturated heterocycles. The number of anilines is 2. The maximum atomic E-state index is 14.2. The van der Waals surface area contributed by atoms with Gasteiger partial charge in [0, 0.05) is 30.2 Å². The van der Waals surface area contributed by atoms with Crippen molar-refractivity contribution in [2.45, 2.75) is 13.0 Å². The summed E-state index contributed by atoms with van der Waals surface area (Å²) in [6.07, 6.45) is 5.23. The van der Waals surface area contributed by atoms with Crippen molar-refractivity contribution in [3.63, 3.8) is 0 Å². The van der Waals surface area contributed by atoms with E-state index in [2.05, 4.69) is 30.4 Å². The summed E-state index contributed by atoms with van der Waals surface area (Å²) in [5, 5.41) is 9.16. The lowest BCUT2D eigenvalue weighted by Gasteiger charge is -2.22. The number of aryl methyl sites for hydroxylation is 1. The number of pyridine rings is 1. The molecule has 10 nitrogen and oxygen atoms in total. The Hall–Kier alpha value is -4.99. The van der Waals surface area contributed by atoms with Crippen molar-refractivity contribution in [1.82, 2.24) is 34.3 Å². The summed E-state index contributed by atoms with van der Waals surface area (Å²) in [5.41, 5.74) is 10.2. The Bertz CT molecular complexity index is 1780. The zero-order chi connectivity index (χ0) is 24.8. The van der Waals surface area contributed by atoms with Crippen LogP contribution < -0.4 is 16.6 Å². The highest BCUT2D eigenvalue weighted by molar-refractivity contribution is 5.96. The van der Waals surface area contributed by atoms with Gasteiger partial charge in [-0.1, -0.05) is 36.4 Å². The molecule has 6 aromatic rings. The molecular weight excluding hydrogens is 454 g/mol. The standard InChI is InChI=1S/C26H23N9O/c1-15(31-24-22-23(29-14-28-22)32-26(27)33-24)20-11-16-7-6-10-19(17-12-30-34(2)13-17)21(16)25(36)35(20)18-8-4-3-5-9-18/h3-15H,1-2H3,(H4,27,28,29,31,32,33)/t15-/m0/s1. The number of aromatic nitrogens is 7. The number of fused-ring (bicyclic) bond motifs is 2. The molecule has 4 N–H and O–H groups in total. The van der Waals surface area contributed by atoms with E-state index < -0.39 is 0 Å². The molecule has 0 unspecified atom stereocenters. The monoisotopic (exact) mass is 477 g/mol. The van der Waals surface area contributed by atoms with Crippen LogP contribution in [0.2, 0.25) is 0 Å². The van der Waals surface area contributed by atoms with Gasteiger partial charge >= 0.3 is 0 Å². The van der Waals surface area contributed by atoms with Crippen LogP contribution in [0.3, 0.4) is 0 Å². The zero-order valence-corrected chi connectivity index (χ0v) is 19.7. The van der Waals surface area contributed by atoms with Gasteiger partial charge in [-0.2, -0.15) is 15.1 Å². The van der Waals surface area contributed by atoms with Crippen molar-refractivity contribution in [3.8, 4) is 16.8 Å². The summed E-state index contributed by atoms with van der Waals surface area (Å²) >= 11 is 0. The third-order valence-corrected chi connectivity index (χ3v) is 6.20. The topological polar surface area (TPSA) is 132 Å². The lowest BCUT2D eigenvalue weighted by atomic mass is 9.99. The Labute approximate surface area is 205 Å². The minimum Gasteiger partial charge on any atom is -0.368 e. The molecular formula is C26H23N9O. The van der Waals surface area contributed by atoms with Crippen LogP contribution in [0.1, 0.15) is 18.7 Å². The molecule has 4 heterocycles. The molecule has 0 bridgehead atoms. The normalized spacial score (nSPS) is 12.3. The van der Waals surface area contributed by atoms with Crippen LogP contribution in [0.5, 0.6) is 0 Å². The SMILES string of the molecule is C[C@H](Nc1nc(N)nc2[nH]cnc12)c1cc2cccc(-c3cnn(C)c3)c2c(=O)n1-c1ccccc1.